The number of aryl methyl sites for hydroxylation is 2. The van der Waals surface area contributed by atoms with E-state index in [1.807, 2.05) is 114 Å². The van der Waals surface area contributed by atoms with Crippen molar-refractivity contribution in [3.63, 3.8) is 0 Å². The van der Waals surface area contributed by atoms with Crippen LogP contribution in [0.3, 0.4) is 0 Å². The summed E-state index contributed by atoms with van der Waals surface area (Å²) in [5.41, 5.74) is 4.28. The van der Waals surface area contributed by atoms with Crippen LogP contribution >= 0.6 is 0 Å². The van der Waals surface area contributed by atoms with Gasteiger partial charge in [-0.3, -0.25) is 0 Å². The van der Waals surface area contributed by atoms with Crippen LogP contribution in [0.15, 0.2) is 55.1 Å². The van der Waals surface area contributed by atoms with E-state index >= 15 is 0 Å². The minimum absolute atomic E-state index is 0.155. The monoisotopic (exact) mass is 470 g/mol. The van der Waals surface area contributed by atoms with E-state index in [-0.39, 0.29) is 5.75 Å². The second-order valence-electron chi connectivity index (χ2n) is 6.67. The summed E-state index contributed by atoms with van der Waals surface area (Å²) in [5.74, 6) is 0.155. The Morgan fingerprint density at radius 1 is 0.657 bits per heavy atom. The highest BCUT2D eigenvalue weighted by Crippen LogP contribution is 2.23. The molecule has 0 amide bonds. The lowest BCUT2D eigenvalue weighted by Gasteiger charge is -2.02. The van der Waals surface area contributed by atoms with Crippen molar-refractivity contribution in [2.24, 2.45) is 14.1 Å². The first-order valence-electron chi connectivity index (χ1n) is 12.0. The summed E-state index contributed by atoms with van der Waals surface area (Å²) in [6.07, 6.45) is 14.7. The van der Waals surface area contributed by atoms with Crippen LogP contribution < -0.4 is 9.13 Å². The molecular weight excluding hydrogens is 432 g/mol. The molecule has 0 aliphatic rings. The molecule has 0 radical (unpaired) electrons. The summed E-state index contributed by atoms with van der Waals surface area (Å²) in [7, 11) is 3.73. The summed E-state index contributed by atoms with van der Waals surface area (Å²) >= 11 is 0. The molecule has 0 aliphatic heterocycles. The molecule has 0 atom stereocenters. The molecule has 3 aromatic rings. The van der Waals surface area contributed by atoms with Crippen LogP contribution in [0, 0.1) is 22.7 Å². The Labute approximate surface area is 211 Å². The molecule has 0 fully saturated rings. The van der Waals surface area contributed by atoms with E-state index in [2.05, 4.69) is 12.1 Å². The zero-order chi connectivity index (χ0) is 26.8. The van der Waals surface area contributed by atoms with Gasteiger partial charge in [0.1, 0.15) is 43.1 Å². The summed E-state index contributed by atoms with van der Waals surface area (Å²) < 4.78 is 3.65. The van der Waals surface area contributed by atoms with Crippen molar-refractivity contribution in [1.29, 1.82) is 10.5 Å². The number of aromatic hydroxyl groups is 1. The lowest BCUT2D eigenvalue weighted by atomic mass is 10.0. The lowest BCUT2D eigenvalue weighted by molar-refractivity contribution is -0.671. The molecule has 3 rings (SSSR count). The number of benzene rings is 1. The van der Waals surface area contributed by atoms with Gasteiger partial charge in [0.05, 0.1) is 0 Å². The molecule has 0 saturated heterocycles. The smallest absolute Gasteiger partial charge is 0.187 e. The Morgan fingerprint density at radius 3 is 1.54 bits per heavy atom. The van der Waals surface area contributed by atoms with E-state index < -0.39 is 0 Å². The Balaban J connectivity index is 0.00000179. The fraction of sp³-hybridized carbons (Fsp3) is 0.267. The zero-order valence-corrected chi connectivity index (χ0v) is 22.2. The molecule has 1 N–H and O–H groups in total. The van der Waals surface area contributed by atoms with Crippen molar-refractivity contribution in [3.8, 4) is 17.9 Å². The lowest BCUT2D eigenvalue weighted by Crippen LogP contribution is -2.27. The second-order valence-corrected chi connectivity index (χ2v) is 6.67. The number of hydrogen-bond acceptors (Lipinski definition) is 3. The van der Waals surface area contributed by atoms with Gasteiger partial charge in [0.2, 0.25) is 0 Å². The first-order valence-corrected chi connectivity index (χ1v) is 12.0. The Hall–Kier alpha value is -4.22. The highest BCUT2D eigenvalue weighted by molar-refractivity contribution is 5.78. The second kappa shape index (κ2) is 17.3. The molecule has 35 heavy (non-hydrogen) atoms. The quantitative estimate of drug-likeness (QED) is 0.461. The highest BCUT2D eigenvalue weighted by Gasteiger charge is 2.06. The Bertz CT molecular complexity index is 1210. The van der Waals surface area contributed by atoms with Crippen LogP contribution in [0.2, 0.25) is 0 Å². The van der Waals surface area contributed by atoms with Crippen molar-refractivity contribution in [2.45, 2.75) is 41.5 Å². The van der Waals surface area contributed by atoms with Gasteiger partial charge in [-0.05, 0) is 17.7 Å². The third-order valence-corrected chi connectivity index (χ3v) is 4.46. The minimum atomic E-state index is 0.155. The minimum Gasteiger partial charge on any atom is -0.507 e. The average molecular weight is 471 g/mol. The van der Waals surface area contributed by atoms with Crippen molar-refractivity contribution >= 4 is 24.3 Å². The zero-order valence-electron chi connectivity index (χ0n) is 22.2. The Morgan fingerprint density at radius 2 is 1.09 bits per heavy atom. The molecule has 0 saturated carbocycles. The molecule has 0 bridgehead atoms. The fourth-order valence-corrected chi connectivity index (χ4v) is 2.87. The molecule has 5 nitrogen and oxygen atoms in total. The SMILES string of the molecule is CC.CC.CC.C[n+]1ccc(/C=C/c2ccc(O)c(/C=C/c3cc[n+](C)cc3C#N)c2)c(C#N)c1. The summed E-state index contributed by atoms with van der Waals surface area (Å²) in [4.78, 5) is 0. The molecule has 5 heteroatoms. The maximum atomic E-state index is 10.2. The van der Waals surface area contributed by atoms with Gasteiger partial charge in [-0.2, -0.15) is 10.5 Å². The van der Waals surface area contributed by atoms with Gasteiger partial charge in [0.25, 0.3) is 0 Å². The van der Waals surface area contributed by atoms with Crippen molar-refractivity contribution in [1.82, 2.24) is 0 Å². The number of aromatic nitrogens is 2. The third kappa shape index (κ3) is 9.66. The van der Waals surface area contributed by atoms with Gasteiger partial charge in [-0.1, -0.05) is 71.9 Å². The number of phenols is 1. The van der Waals surface area contributed by atoms with Crippen LogP contribution in [0.1, 0.15) is 74.9 Å². The van der Waals surface area contributed by atoms with Gasteiger partial charge in [-0.25, -0.2) is 9.13 Å². The number of phenolic OH excluding ortho intramolecular Hbond substituents is 1. The third-order valence-electron chi connectivity index (χ3n) is 4.46. The first-order chi connectivity index (χ1) is 17.0. The van der Waals surface area contributed by atoms with Crippen LogP contribution in [0.25, 0.3) is 24.3 Å². The van der Waals surface area contributed by atoms with Crippen LogP contribution in [-0.2, 0) is 14.1 Å². The standard InChI is InChI=1S/C24H19N4O.3C2H6/c1-27-11-9-19(22(14-25)16-27)5-3-18-4-8-24(29)21(13-18)7-6-20-10-12-28(2)17-23(20)15-26;3*1-2/h3-13,16-17H,1-2H3;3*1-2H3/q+1;;;/p+1. The molecule has 0 unspecified atom stereocenters. The van der Waals surface area contributed by atoms with Crippen LogP contribution in [-0.4, -0.2) is 5.11 Å². The topological polar surface area (TPSA) is 75.6 Å². The predicted molar refractivity (Wildman–Crippen MR) is 145 cm³/mol. The summed E-state index contributed by atoms with van der Waals surface area (Å²) in [6.45, 7) is 12.0. The van der Waals surface area contributed by atoms with E-state index in [0.29, 0.717) is 16.7 Å². The first kappa shape index (κ1) is 30.8. The molecule has 1 aromatic carbocycles. The van der Waals surface area contributed by atoms with Gasteiger partial charge in [0.15, 0.2) is 24.8 Å². The van der Waals surface area contributed by atoms with E-state index in [1.165, 1.54) is 0 Å². The largest absolute Gasteiger partial charge is 0.507 e. The van der Waals surface area contributed by atoms with Gasteiger partial charge >= 0.3 is 0 Å². The molecule has 0 spiro atoms. The highest BCUT2D eigenvalue weighted by atomic mass is 16.3. The molecule has 0 aliphatic carbocycles. The van der Waals surface area contributed by atoms with Crippen LogP contribution in [0.5, 0.6) is 5.75 Å². The number of nitrogens with zero attached hydrogens (tertiary/aromatic N) is 4. The van der Waals surface area contributed by atoms with Gasteiger partial charge < -0.3 is 5.11 Å². The van der Waals surface area contributed by atoms with Crippen LogP contribution in [0.4, 0.5) is 0 Å². The van der Waals surface area contributed by atoms with E-state index in [9.17, 15) is 15.6 Å². The average Bonchev–Trinajstić information content (AvgIpc) is 2.91. The maximum absolute atomic E-state index is 10.2. The number of nitriles is 2. The molecule has 182 valence electrons. The number of hydrogen-bond donors (Lipinski definition) is 1. The van der Waals surface area contributed by atoms with Gasteiger partial charge in [0, 0.05) is 28.8 Å². The normalized spacial score (nSPS) is 9.54. The Kier molecular flexibility index (Phi) is 15.2. The summed E-state index contributed by atoms with van der Waals surface area (Å²) in [6, 6.07) is 13.4. The van der Waals surface area contributed by atoms with Gasteiger partial charge in [-0.15, -0.1) is 0 Å². The van der Waals surface area contributed by atoms with Crippen molar-refractivity contribution < 1.29 is 14.2 Å². The molecular formula is C30H38N4O+2. The van der Waals surface area contributed by atoms with E-state index in [1.54, 1.807) is 30.6 Å². The molecule has 2 aromatic heterocycles. The summed E-state index contributed by atoms with van der Waals surface area (Å²) in [5, 5.41) is 28.8. The van der Waals surface area contributed by atoms with E-state index in [4.69, 9.17) is 0 Å². The number of pyridine rings is 2. The van der Waals surface area contributed by atoms with Crippen molar-refractivity contribution in [2.75, 3.05) is 0 Å². The van der Waals surface area contributed by atoms with Crippen molar-refractivity contribution in [3.05, 3.63) is 88.5 Å². The molecule has 2 heterocycles. The fourth-order valence-electron chi connectivity index (χ4n) is 2.87. The van der Waals surface area contributed by atoms with E-state index in [0.717, 1.165) is 16.7 Å². The maximum Gasteiger partial charge on any atom is 0.187 e. The predicted octanol–water partition coefficient (Wildman–Crippen LogP) is 6.20. The number of rotatable bonds is 4.